The average Bonchev–Trinajstić information content (AvgIpc) is 3.29. The van der Waals surface area contributed by atoms with Gasteiger partial charge in [-0.05, 0) is 48.2 Å². The third-order valence-corrected chi connectivity index (χ3v) is 5.24. The molecule has 1 aromatic carbocycles. The Morgan fingerprint density at radius 2 is 2.00 bits per heavy atom. The first-order valence-corrected chi connectivity index (χ1v) is 10.5. The molecule has 0 fully saturated rings. The van der Waals surface area contributed by atoms with Gasteiger partial charge >= 0.3 is 0 Å². The Morgan fingerprint density at radius 1 is 1.19 bits per heavy atom. The summed E-state index contributed by atoms with van der Waals surface area (Å²) in [6, 6.07) is 7.23. The predicted molar refractivity (Wildman–Crippen MR) is 120 cm³/mol. The standard InChI is InChI=1S/C20H21N9OS/c1-2-14-11-22-20(23-12-14)29-9-7-15(8-10-29)18-19(27-31-26-18)30-17-5-3-16(4-6-17)24-13-25-28-21/h3-7,11-13H,2,8-10H2,1H3,(H2,21,24,25). The fraction of sp³-hybridized carbons (Fsp3) is 0.250. The Kier molecular flexibility index (Phi) is 6.53. The van der Waals surface area contributed by atoms with Crippen LogP contribution in [0.3, 0.4) is 0 Å². The molecule has 2 N–H and O–H groups in total. The summed E-state index contributed by atoms with van der Waals surface area (Å²) in [7, 11) is 0. The molecule has 4 rings (SSSR count). The molecular weight excluding hydrogens is 414 g/mol. The molecule has 0 saturated carbocycles. The van der Waals surface area contributed by atoms with Crippen molar-refractivity contribution < 1.29 is 4.74 Å². The van der Waals surface area contributed by atoms with Gasteiger partial charge in [0.25, 0.3) is 5.88 Å². The van der Waals surface area contributed by atoms with Crippen LogP contribution in [0.5, 0.6) is 11.6 Å². The van der Waals surface area contributed by atoms with Gasteiger partial charge in [0.2, 0.25) is 5.95 Å². The molecule has 0 amide bonds. The zero-order valence-corrected chi connectivity index (χ0v) is 17.7. The molecule has 0 radical (unpaired) electrons. The summed E-state index contributed by atoms with van der Waals surface area (Å²) < 4.78 is 14.7. The van der Waals surface area contributed by atoms with Crippen LogP contribution in [0.25, 0.3) is 5.57 Å². The minimum absolute atomic E-state index is 0.501. The highest BCUT2D eigenvalue weighted by Gasteiger charge is 2.21. The van der Waals surface area contributed by atoms with Crippen LogP contribution < -0.4 is 15.5 Å². The molecule has 1 aliphatic heterocycles. The maximum Gasteiger partial charge on any atom is 0.259 e. The van der Waals surface area contributed by atoms with Gasteiger partial charge in [-0.15, -0.1) is 9.49 Å². The van der Waals surface area contributed by atoms with Gasteiger partial charge in [-0.3, -0.25) is 0 Å². The second-order valence-electron chi connectivity index (χ2n) is 6.66. The van der Waals surface area contributed by atoms with E-state index in [9.17, 15) is 0 Å². The van der Waals surface area contributed by atoms with Crippen molar-refractivity contribution in [2.45, 2.75) is 19.8 Å². The van der Waals surface area contributed by atoms with Crippen molar-refractivity contribution in [3.8, 4) is 11.6 Å². The summed E-state index contributed by atoms with van der Waals surface area (Å²) >= 11 is 1.13. The summed E-state index contributed by atoms with van der Waals surface area (Å²) in [5, 5.41) is 6.61. The molecule has 2 aromatic heterocycles. The van der Waals surface area contributed by atoms with Gasteiger partial charge in [-0.2, -0.15) is 4.37 Å². The predicted octanol–water partition coefficient (Wildman–Crippen LogP) is 3.96. The molecule has 0 saturated heterocycles. The third kappa shape index (κ3) is 5.07. The highest BCUT2D eigenvalue weighted by Crippen LogP contribution is 2.32. The van der Waals surface area contributed by atoms with Crippen molar-refractivity contribution in [2.24, 2.45) is 21.2 Å². The van der Waals surface area contributed by atoms with Gasteiger partial charge in [-0.25, -0.2) is 15.0 Å². The zero-order chi connectivity index (χ0) is 21.5. The first kappa shape index (κ1) is 20.5. The highest BCUT2D eigenvalue weighted by molar-refractivity contribution is 6.99. The Balaban J connectivity index is 1.43. The molecule has 0 unspecified atom stereocenters. The number of ether oxygens (including phenoxy) is 1. The number of benzene rings is 1. The lowest BCUT2D eigenvalue weighted by atomic mass is 10.1. The summed E-state index contributed by atoms with van der Waals surface area (Å²) in [5.41, 5.74) is 3.73. The van der Waals surface area contributed by atoms with E-state index in [4.69, 9.17) is 10.6 Å². The lowest BCUT2D eigenvalue weighted by molar-refractivity contribution is 0.465. The quantitative estimate of drug-likeness (QED) is 0.196. The molecule has 0 aliphatic carbocycles. The average molecular weight is 436 g/mol. The van der Waals surface area contributed by atoms with Gasteiger partial charge in [-0.1, -0.05) is 18.2 Å². The number of rotatable bonds is 7. The Morgan fingerprint density at radius 3 is 2.68 bits per heavy atom. The molecule has 0 spiro atoms. The first-order chi connectivity index (χ1) is 15.3. The van der Waals surface area contributed by atoms with Crippen molar-refractivity contribution >= 4 is 35.3 Å². The Bertz CT molecular complexity index is 1090. The summed E-state index contributed by atoms with van der Waals surface area (Å²) in [6.07, 6.45) is 8.92. The summed E-state index contributed by atoms with van der Waals surface area (Å²) in [5.74, 6) is 6.83. The van der Waals surface area contributed by atoms with Gasteiger partial charge in [0.1, 0.15) is 17.8 Å². The SMILES string of the molecule is CCc1cnc(N2CC=C(c3nsnc3Oc3ccc(N=CN=NN)cc3)CC2)nc1. The molecule has 31 heavy (non-hydrogen) atoms. The van der Waals surface area contributed by atoms with Gasteiger partial charge in [0.05, 0.1) is 17.4 Å². The maximum absolute atomic E-state index is 5.96. The maximum atomic E-state index is 5.96. The number of nitrogens with zero attached hydrogens (tertiary/aromatic N) is 8. The molecular formula is C20H21N9OS. The number of anilines is 1. The van der Waals surface area contributed by atoms with E-state index in [2.05, 4.69) is 51.9 Å². The van der Waals surface area contributed by atoms with E-state index in [1.54, 1.807) is 12.1 Å². The molecule has 0 atom stereocenters. The second-order valence-corrected chi connectivity index (χ2v) is 7.19. The van der Waals surface area contributed by atoms with Crippen LogP contribution in [0.4, 0.5) is 11.6 Å². The van der Waals surface area contributed by atoms with Crippen LogP contribution in [0.2, 0.25) is 0 Å². The lowest BCUT2D eigenvalue weighted by Gasteiger charge is -2.26. The fourth-order valence-electron chi connectivity index (χ4n) is 3.04. The molecule has 0 bridgehead atoms. The second kappa shape index (κ2) is 9.85. The van der Waals surface area contributed by atoms with Crippen LogP contribution in [-0.4, -0.2) is 38.1 Å². The van der Waals surface area contributed by atoms with E-state index < -0.39 is 0 Å². The van der Waals surface area contributed by atoms with Crippen LogP contribution in [0.15, 0.2) is 58.1 Å². The molecule has 3 aromatic rings. The minimum atomic E-state index is 0.501. The van der Waals surface area contributed by atoms with E-state index in [-0.39, 0.29) is 0 Å². The minimum Gasteiger partial charge on any atom is -0.436 e. The largest absolute Gasteiger partial charge is 0.436 e. The third-order valence-electron chi connectivity index (χ3n) is 4.73. The van der Waals surface area contributed by atoms with Crippen molar-refractivity contribution in [1.82, 2.24) is 18.7 Å². The zero-order valence-electron chi connectivity index (χ0n) is 16.9. The number of aliphatic imine (C=N–C) groups is 1. The number of hydrogen-bond donors (Lipinski definition) is 1. The summed E-state index contributed by atoms with van der Waals surface area (Å²) in [4.78, 5) is 15.2. The normalized spacial score (nSPS) is 14.4. The number of aromatic nitrogens is 4. The first-order valence-electron chi connectivity index (χ1n) is 9.75. The number of hydrogen-bond acceptors (Lipinski definition) is 9. The van der Waals surface area contributed by atoms with Crippen LogP contribution in [-0.2, 0) is 6.42 Å². The number of nitrogens with two attached hydrogens (primary N) is 1. The van der Waals surface area contributed by atoms with E-state index in [0.29, 0.717) is 23.9 Å². The Labute approximate surface area is 183 Å². The van der Waals surface area contributed by atoms with Crippen molar-refractivity contribution in [2.75, 3.05) is 18.0 Å². The van der Waals surface area contributed by atoms with Gasteiger partial charge in [0, 0.05) is 25.5 Å². The van der Waals surface area contributed by atoms with E-state index >= 15 is 0 Å². The van der Waals surface area contributed by atoms with E-state index in [1.165, 1.54) is 6.34 Å². The molecule has 11 heteroatoms. The molecule has 158 valence electrons. The van der Waals surface area contributed by atoms with Gasteiger partial charge < -0.3 is 15.5 Å². The van der Waals surface area contributed by atoms with Crippen LogP contribution in [0.1, 0.15) is 24.6 Å². The molecule has 10 nitrogen and oxygen atoms in total. The molecule has 3 heterocycles. The van der Waals surface area contributed by atoms with Crippen molar-refractivity contribution in [1.29, 1.82) is 0 Å². The number of aryl methyl sites for hydroxylation is 1. The van der Waals surface area contributed by atoms with Crippen LogP contribution >= 0.6 is 11.7 Å². The van der Waals surface area contributed by atoms with E-state index in [1.807, 2.05) is 24.5 Å². The molecule has 1 aliphatic rings. The lowest BCUT2D eigenvalue weighted by Crippen LogP contribution is -2.30. The monoisotopic (exact) mass is 435 g/mol. The summed E-state index contributed by atoms with van der Waals surface area (Å²) in [6.45, 7) is 3.61. The van der Waals surface area contributed by atoms with Gasteiger partial charge in [0.15, 0.2) is 0 Å². The van der Waals surface area contributed by atoms with E-state index in [0.717, 1.165) is 53.9 Å². The van der Waals surface area contributed by atoms with Crippen LogP contribution in [0, 0.1) is 0 Å². The van der Waals surface area contributed by atoms with Crippen molar-refractivity contribution in [3.05, 3.63) is 54.0 Å². The van der Waals surface area contributed by atoms with Crippen molar-refractivity contribution in [3.63, 3.8) is 0 Å². The topological polar surface area (TPSA) is 127 Å². The Hall–Kier alpha value is -3.73. The fourth-order valence-corrected chi connectivity index (χ4v) is 3.55. The smallest absolute Gasteiger partial charge is 0.259 e. The highest BCUT2D eigenvalue weighted by atomic mass is 32.1.